The highest BCUT2D eigenvalue weighted by Crippen LogP contribution is 2.26. The number of halogens is 1. The van der Waals surface area contributed by atoms with Gasteiger partial charge in [0.1, 0.15) is 5.82 Å². The van der Waals surface area contributed by atoms with Crippen molar-refractivity contribution in [3.05, 3.63) is 22.3 Å². The van der Waals surface area contributed by atoms with Crippen LogP contribution in [0.4, 0.5) is 5.82 Å². The molecule has 3 nitrogen and oxygen atoms in total. The molecule has 2 rings (SSSR count). The summed E-state index contributed by atoms with van der Waals surface area (Å²) in [7, 11) is 0. The van der Waals surface area contributed by atoms with Crippen LogP contribution in [0, 0.1) is 5.92 Å². The summed E-state index contributed by atoms with van der Waals surface area (Å²) < 4.78 is 1.04. The molecule has 4 heteroatoms. The van der Waals surface area contributed by atoms with E-state index in [1.54, 1.807) is 0 Å². The van der Waals surface area contributed by atoms with Gasteiger partial charge in [-0.15, -0.1) is 0 Å². The van der Waals surface area contributed by atoms with Crippen LogP contribution in [0.3, 0.4) is 0 Å². The topological polar surface area (TPSA) is 37.0 Å². The van der Waals surface area contributed by atoms with Crippen molar-refractivity contribution in [1.29, 1.82) is 0 Å². The Morgan fingerprint density at radius 3 is 2.88 bits per heavy atom. The third kappa shape index (κ3) is 4.28. The Hall–Kier alpha value is -0.610. The lowest BCUT2D eigenvalue weighted by molar-refractivity contribution is 0.552. The highest BCUT2D eigenvalue weighted by atomic mass is 79.9. The zero-order valence-electron chi connectivity index (χ0n) is 10.5. The molecule has 0 spiro atoms. The number of aromatic nitrogens is 1. The fourth-order valence-electron chi connectivity index (χ4n) is 1.66. The molecule has 0 aromatic carbocycles. The van der Waals surface area contributed by atoms with Crippen LogP contribution in [-0.4, -0.2) is 17.6 Å². The molecule has 94 valence electrons. The summed E-state index contributed by atoms with van der Waals surface area (Å²) >= 11 is 3.48. The fourth-order valence-corrected chi connectivity index (χ4v) is 2.04. The maximum atomic E-state index is 4.46. The minimum atomic E-state index is 0.646. The quantitative estimate of drug-likeness (QED) is 0.847. The Kier molecular flexibility index (Phi) is 4.40. The summed E-state index contributed by atoms with van der Waals surface area (Å²) in [6, 6.07) is 2.79. The van der Waals surface area contributed by atoms with E-state index in [9.17, 15) is 0 Å². The van der Waals surface area contributed by atoms with Crippen LogP contribution in [0.5, 0.6) is 0 Å². The van der Waals surface area contributed by atoms with Gasteiger partial charge < -0.3 is 10.6 Å². The third-order valence-electron chi connectivity index (χ3n) is 2.72. The molecule has 17 heavy (non-hydrogen) atoms. The largest absolute Gasteiger partial charge is 0.367 e. The Bertz CT molecular complexity index is 375. The van der Waals surface area contributed by atoms with Crippen molar-refractivity contribution >= 4 is 21.7 Å². The first kappa shape index (κ1) is 12.8. The van der Waals surface area contributed by atoms with E-state index in [2.05, 4.69) is 51.5 Å². The molecule has 0 saturated heterocycles. The van der Waals surface area contributed by atoms with Gasteiger partial charge in [-0.2, -0.15) is 0 Å². The predicted molar refractivity (Wildman–Crippen MR) is 75.1 cm³/mol. The van der Waals surface area contributed by atoms with Gasteiger partial charge in [0, 0.05) is 28.8 Å². The molecule has 1 saturated carbocycles. The number of nitrogens with zero attached hydrogens (tertiary/aromatic N) is 1. The Labute approximate surface area is 112 Å². The van der Waals surface area contributed by atoms with Gasteiger partial charge in [0.25, 0.3) is 0 Å². The van der Waals surface area contributed by atoms with E-state index < -0.39 is 0 Å². The second-order valence-electron chi connectivity index (χ2n) is 5.10. The van der Waals surface area contributed by atoms with Gasteiger partial charge in [-0.05, 0) is 47.3 Å². The monoisotopic (exact) mass is 297 g/mol. The van der Waals surface area contributed by atoms with Gasteiger partial charge in [0.05, 0.1) is 0 Å². The molecule has 0 bridgehead atoms. The van der Waals surface area contributed by atoms with E-state index >= 15 is 0 Å². The van der Waals surface area contributed by atoms with Crippen molar-refractivity contribution in [1.82, 2.24) is 10.3 Å². The minimum Gasteiger partial charge on any atom is -0.367 e. The van der Waals surface area contributed by atoms with Crippen molar-refractivity contribution in [3.63, 3.8) is 0 Å². The van der Waals surface area contributed by atoms with Crippen molar-refractivity contribution in [2.75, 3.05) is 11.9 Å². The molecule has 0 atom stereocenters. The number of hydrogen-bond donors (Lipinski definition) is 2. The smallest absolute Gasteiger partial charge is 0.130 e. The Morgan fingerprint density at radius 2 is 2.24 bits per heavy atom. The van der Waals surface area contributed by atoms with Crippen LogP contribution in [0.2, 0.25) is 0 Å². The van der Waals surface area contributed by atoms with Crippen molar-refractivity contribution < 1.29 is 0 Å². The maximum absolute atomic E-state index is 4.46. The minimum absolute atomic E-state index is 0.646. The van der Waals surface area contributed by atoms with Crippen molar-refractivity contribution in [3.8, 4) is 0 Å². The molecular weight excluding hydrogens is 278 g/mol. The molecule has 0 unspecified atom stereocenters. The molecule has 0 amide bonds. The van der Waals surface area contributed by atoms with E-state index in [0.717, 1.165) is 23.4 Å². The van der Waals surface area contributed by atoms with Crippen LogP contribution < -0.4 is 10.6 Å². The summed E-state index contributed by atoms with van der Waals surface area (Å²) in [6.07, 6.45) is 4.41. The van der Waals surface area contributed by atoms with Gasteiger partial charge in [-0.25, -0.2) is 4.98 Å². The standard InChI is InChI=1S/C13H20BrN3/c1-9(2)6-15-7-10-5-11(14)8-16-13(10)17-12-3-4-12/h5,8-9,12,15H,3-4,6-7H2,1-2H3,(H,16,17). The zero-order valence-corrected chi connectivity index (χ0v) is 12.0. The molecule has 1 fully saturated rings. The molecule has 1 aliphatic rings. The lowest BCUT2D eigenvalue weighted by Gasteiger charge is -2.12. The average molecular weight is 298 g/mol. The molecule has 0 aliphatic heterocycles. The lowest BCUT2D eigenvalue weighted by atomic mass is 10.2. The number of hydrogen-bond acceptors (Lipinski definition) is 3. The van der Waals surface area contributed by atoms with E-state index in [1.807, 2.05) is 6.20 Å². The highest BCUT2D eigenvalue weighted by Gasteiger charge is 2.22. The van der Waals surface area contributed by atoms with Gasteiger partial charge in [-0.3, -0.25) is 0 Å². The predicted octanol–water partition coefficient (Wildman–Crippen LogP) is 3.16. The maximum Gasteiger partial charge on any atom is 0.130 e. The first-order valence-electron chi connectivity index (χ1n) is 6.27. The van der Waals surface area contributed by atoms with Crippen LogP contribution in [0.25, 0.3) is 0 Å². The van der Waals surface area contributed by atoms with Gasteiger partial charge in [0.15, 0.2) is 0 Å². The molecule has 0 radical (unpaired) electrons. The van der Waals surface area contributed by atoms with Crippen LogP contribution >= 0.6 is 15.9 Å². The van der Waals surface area contributed by atoms with E-state index in [0.29, 0.717) is 12.0 Å². The molecule has 1 aliphatic carbocycles. The Balaban J connectivity index is 1.98. The fraction of sp³-hybridized carbons (Fsp3) is 0.615. The summed E-state index contributed by atoms with van der Waals surface area (Å²) in [5, 5.41) is 6.94. The summed E-state index contributed by atoms with van der Waals surface area (Å²) in [5.41, 5.74) is 1.24. The molecule has 1 aromatic heterocycles. The Morgan fingerprint density at radius 1 is 1.47 bits per heavy atom. The summed E-state index contributed by atoms with van der Waals surface area (Å²) in [5.74, 6) is 1.71. The van der Waals surface area contributed by atoms with Crippen molar-refractivity contribution in [2.24, 2.45) is 5.92 Å². The normalized spacial score (nSPS) is 15.3. The zero-order chi connectivity index (χ0) is 12.3. The molecule has 1 heterocycles. The lowest BCUT2D eigenvalue weighted by Crippen LogP contribution is -2.20. The van der Waals surface area contributed by atoms with E-state index in [-0.39, 0.29) is 0 Å². The number of nitrogens with one attached hydrogen (secondary N) is 2. The van der Waals surface area contributed by atoms with Crippen molar-refractivity contribution in [2.45, 2.75) is 39.3 Å². The molecule has 1 aromatic rings. The van der Waals surface area contributed by atoms with Gasteiger partial charge in [-0.1, -0.05) is 13.8 Å². The second kappa shape index (κ2) is 5.83. The first-order valence-corrected chi connectivity index (χ1v) is 7.06. The first-order chi connectivity index (χ1) is 8.15. The van der Waals surface area contributed by atoms with Gasteiger partial charge >= 0.3 is 0 Å². The van der Waals surface area contributed by atoms with Crippen LogP contribution in [0.1, 0.15) is 32.3 Å². The number of pyridine rings is 1. The van der Waals surface area contributed by atoms with Crippen LogP contribution in [0.15, 0.2) is 16.7 Å². The summed E-state index contributed by atoms with van der Waals surface area (Å²) in [6.45, 7) is 6.35. The SMILES string of the molecule is CC(C)CNCc1cc(Br)cnc1NC1CC1. The molecular formula is C13H20BrN3. The van der Waals surface area contributed by atoms with Crippen LogP contribution in [-0.2, 0) is 6.54 Å². The van der Waals surface area contributed by atoms with Gasteiger partial charge in [0.2, 0.25) is 0 Å². The van der Waals surface area contributed by atoms with E-state index in [4.69, 9.17) is 0 Å². The molecule has 2 N–H and O–H groups in total. The average Bonchev–Trinajstić information content (AvgIpc) is 3.05. The summed E-state index contributed by atoms with van der Waals surface area (Å²) in [4.78, 5) is 4.46. The highest BCUT2D eigenvalue weighted by molar-refractivity contribution is 9.10. The number of rotatable bonds is 6. The number of anilines is 1. The van der Waals surface area contributed by atoms with E-state index in [1.165, 1.54) is 18.4 Å². The third-order valence-corrected chi connectivity index (χ3v) is 3.15. The second-order valence-corrected chi connectivity index (χ2v) is 6.02.